The Bertz CT molecular complexity index is 397. The Kier molecular flexibility index (Phi) is 3.55. The number of fused-ring (bicyclic) bond motifs is 2. The van der Waals surface area contributed by atoms with Gasteiger partial charge in [-0.3, -0.25) is 4.79 Å². The first-order valence-corrected chi connectivity index (χ1v) is 6.92. The summed E-state index contributed by atoms with van der Waals surface area (Å²) in [6, 6.07) is 0. The minimum atomic E-state index is -0.445. The van der Waals surface area contributed by atoms with E-state index in [2.05, 4.69) is 0 Å². The van der Waals surface area contributed by atoms with E-state index in [1.807, 2.05) is 12.2 Å². The van der Waals surface area contributed by atoms with Gasteiger partial charge in [-0.25, -0.2) is 4.79 Å². The van der Waals surface area contributed by atoms with Crippen LogP contribution >= 0.6 is 0 Å². The minimum absolute atomic E-state index is 0.0139. The van der Waals surface area contributed by atoms with Gasteiger partial charge in [-0.15, -0.1) is 0 Å². The summed E-state index contributed by atoms with van der Waals surface area (Å²) in [7, 11) is 0. The Balaban J connectivity index is 1.40. The molecule has 3 atom stereocenters. The summed E-state index contributed by atoms with van der Waals surface area (Å²) in [6.45, 7) is -0.285. The Labute approximate surface area is 111 Å². The molecule has 0 amide bonds. The Hall–Kier alpha value is -1.36. The number of carbonyl (C=O) groups excluding carboxylic acids is 2. The molecule has 1 saturated heterocycles. The molecule has 1 aliphatic carbocycles. The smallest absolute Gasteiger partial charge is 0.344 e. The van der Waals surface area contributed by atoms with Gasteiger partial charge in [-0.05, 0) is 32.1 Å². The summed E-state index contributed by atoms with van der Waals surface area (Å²) >= 11 is 0. The second-order valence-corrected chi connectivity index (χ2v) is 5.37. The fraction of sp³-hybridized carbons (Fsp3) is 0.714. The number of hydrogen-bond acceptors (Lipinski definition) is 5. The van der Waals surface area contributed by atoms with Crippen molar-refractivity contribution in [2.75, 3.05) is 6.61 Å². The van der Waals surface area contributed by atoms with Crippen LogP contribution in [0.4, 0.5) is 0 Å². The molecule has 1 saturated carbocycles. The average molecular weight is 266 g/mol. The van der Waals surface area contributed by atoms with E-state index >= 15 is 0 Å². The zero-order valence-electron chi connectivity index (χ0n) is 10.7. The van der Waals surface area contributed by atoms with Crippen LogP contribution in [0, 0.1) is 5.92 Å². The maximum absolute atomic E-state index is 11.8. The Morgan fingerprint density at radius 2 is 2.00 bits per heavy atom. The molecule has 2 fully saturated rings. The van der Waals surface area contributed by atoms with E-state index in [-0.39, 0.29) is 36.8 Å². The molecule has 3 aliphatic rings. The van der Waals surface area contributed by atoms with Crippen molar-refractivity contribution in [1.82, 2.24) is 0 Å². The maximum Gasteiger partial charge on any atom is 0.344 e. The lowest BCUT2D eigenvalue weighted by Crippen LogP contribution is -2.28. The van der Waals surface area contributed by atoms with Crippen molar-refractivity contribution >= 4 is 11.9 Å². The molecule has 2 bridgehead atoms. The van der Waals surface area contributed by atoms with Crippen LogP contribution in [0.3, 0.4) is 0 Å². The summed E-state index contributed by atoms with van der Waals surface area (Å²) in [6.07, 6.45) is 8.42. The van der Waals surface area contributed by atoms with Gasteiger partial charge < -0.3 is 14.2 Å². The van der Waals surface area contributed by atoms with Crippen molar-refractivity contribution in [3.63, 3.8) is 0 Å². The third kappa shape index (κ3) is 2.81. The summed E-state index contributed by atoms with van der Waals surface area (Å²) in [5.41, 5.74) is 0. The standard InChI is InChI=1S/C14H18O5/c15-13(19-9-3-1-2-4-9)8-17-14(16)11-7-10-5-6-12(11)18-10/h5-6,9-12H,1-4,7-8H2. The van der Waals surface area contributed by atoms with E-state index in [9.17, 15) is 9.59 Å². The fourth-order valence-electron chi connectivity index (χ4n) is 2.97. The van der Waals surface area contributed by atoms with Crippen molar-refractivity contribution in [2.45, 2.75) is 50.4 Å². The van der Waals surface area contributed by atoms with Crippen LogP contribution in [0.5, 0.6) is 0 Å². The predicted molar refractivity (Wildman–Crippen MR) is 65.2 cm³/mol. The Morgan fingerprint density at radius 3 is 2.63 bits per heavy atom. The summed E-state index contributed by atoms with van der Waals surface area (Å²) < 4.78 is 15.7. The van der Waals surface area contributed by atoms with Crippen molar-refractivity contribution in [1.29, 1.82) is 0 Å². The minimum Gasteiger partial charge on any atom is -0.460 e. The molecule has 0 aromatic rings. The first-order valence-electron chi connectivity index (χ1n) is 6.92. The molecule has 5 nitrogen and oxygen atoms in total. The zero-order chi connectivity index (χ0) is 13.2. The molecule has 2 aliphatic heterocycles. The third-order valence-corrected chi connectivity index (χ3v) is 3.97. The maximum atomic E-state index is 11.8. The van der Waals surface area contributed by atoms with Crippen LogP contribution in [0.1, 0.15) is 32.1 Å². The monoisotopic (exact) mass is 266 g/mol. The third-order valence-electron chi connectivity index (χ3n) is 3.97. The molecule has 3 rings (SSSR count). The van der Waals surface area contributed by atoms with Gasteiger partial charge in [0.2, 0.25) is 0 Å². The average Bonchev–Trinajstić information content (AvgIpc) is 3.12. The molecule has 2 heterocycles. The molecule has 0 N–H and O–H groups in total. The molecule has 0 spiro atoms. The number of rotatable bonds is 4. The van der Waals surface area contributed by atoms with Crippen LogP contribution in [0.15, 0.2) is 12.2 Å². The van der Waals surface area contributed by atoms with Gasteiger partial charge >= 0.3 is 11.9 Å². The van der Waals surface area contributed by atoms with Gasteiger partial charge in [-0.2, -0.15) is 0 Å². The lowest BCUT2D eigenvalue weighted by atomic mass is 9.95. The van der Waals surface area contributed by atoms with Crippen LogP contribution in [0.2, 0.25) is 0 Å². The van der Waals surface area contributed by atoms with E-state index < -0.39 is 5.97 Å². The van der Waals surface area contributed by atoms with Crippen LogP contribution < -0.4 is 0 Å². The van der Waals surface area contributed by atoms with Crippen molar-refractivity contribution in [3.8, 4) is 0 Å². The molecule has 5 heteroatoms. The number of carbonyl (C=O) groups is 2. The number of ether oxygens (including phenoxy) is 3. The highest BCUT2D eigenvalue weighted by Crippen LogP contribution is 2.34. The lowest BCUT2D eigenvalue weighted by Gasteiger charge is -2.15. The van der Waals surface area contributed by atoms with Gasteiger partial charge in [0.25, 0.3) is 0 Å². The van der Waals surface area contributed by atoms with Crippen molar-refractivity contribution in [2.24, 2.45) is 5.92 Å². The van der Waals surface area contributed by atoms with E-state index in [0.717, 1.165) is 25.7 Å². The molecular weight excluding hydrogens is 248 g/mol. The fourth-order valence-corrected chi connectivity index (χ4v) is 2.97. The summed E-state index contributed by atoms with van der Waals surface area (Å²) in [5, 5.41) is 0. The molecule has 0 aromatic heterocycles. The van der Waals surface area contributed by atoms with Gasteiger partial charge in [-0.1, -0.05) is 12.2 Å². The highest BCUT2D eigenvalue weighted by Gasteiger charge is 2.42. The number of hydrogen-bond donors (Lipinski definition) is 0. The molecule has 104 valence electrons. The molecule has 3 unspecified atom stereocenters. The Morgan fingerprint density at radius 1 is 1.21 bits per heavy atom. The first-order chi connectivity index (χ1) is 9.22. The van der Waals surface area contributed by atoms with Crippen LogP contribution in [0.25, 0.3) is 0 Å². The zero-order valence-corrected chi connectivity index (χ0v) is 10.7. The quantitative estimate of drug-likeness (QED) is 0.568. The highest BCUT2D eigenvalue weighted by atomic mass is 16.6. The van der Waals surface area contributed by atoms with E-state index in [1.54, 1.807) is 0 Å². The van der Waals surface area contributed by atoms with E-state index in [1.165, 1.54) is 0 Å². The SMILES string of the molecule is O=C(COC(=O)C1CC2C=CC1O2)OC1CCCC1. The van der Waals surface area contributed by atoms with Crippen LogP contribution in [-0.2, 0) is 23.8 Å². The normalized spacial score (nSPS) is 32.7. The van der Waals surface area contributed by atoms with E-state index in [4.69, 9.17) is 14.2 Å². The first kappa shape index (κ1) is 12.7. The van der Waals surface area contributed by atoms with Crippen LogP contribution in [-0.4, -0.2) is 36.9 Å². The lowest BCUT2D eigenvalue weighted by molar-refractivity contribution is -0.164. The van der Waals surface area contributed by atoms with Gasteiger partial charge in [0.05, 0.1) is 18.1 Å². The largest absolute Gasteiger partial charge is 0.460 e. The van der Waals surface area contributed by atoms with Gasteiger partial charge in [0.15, 0.2) is 6.61 Å². The topological polar surface area (TPSA) is 61.8 Å². The predicted octanol–water partition coefficient (Wildman–Crippen LogP) is 1.36. The van der Waals surface area contributed by atoms with Crippen molar-refractivity contribution < 1.29 is 23.8 Å². The second-order valence-electron chi connectivity index (χ2n) is 5.37. The molecule has 19 heavy (non-hydrogen) atoms. The van der Waals surface area contributed by atoms with E-state index in [0.29, 0.717) is 6.42 Å². The van der Waals surface area contributed by atoms with Gasteiger partial charge in [0.1, 0.15) is 6.10 Å². The molecular formula is C14H18O5. The van der Waals surface area contributed by atoms with Gasteiger partial charge in [0, 0.05) is 0 Å². The second kappa shape index (κ2) is 5.33. The summed E-state index contributed by atoms with van der Waals surface area (Å²) in [4.78, 5) is 23.4. The molecule has 0 aromatic carbocycles. The highest BCUT2D eigenvalue weighted by molar-refractivity contribution is 5.79. The number of esters is 2. The molecule has 0 radical (unpaired) electrons. The summed E-state index contributed by atoms with van der Waals surface area (Å²) in [5.74, 6) is -1.07. The van der Waals surface area contributed by atoms with Crippen molar-refractivity contribution in [3.05, 3.63) is 12.2 Å².